The SMILES string of the molecule is CCCN(Cc1ncc(-c2ccc(-c3ccc(-c4cnc(CNC(CC)CC(C)C)[nH]4)cc3)cc2)[nH]1)C(=O)CCc1cccnc1. The van der Waals surface area contributed by atoms with Gasteiger partial charge in [0.1, 0.15) is 11.6 Å². The maximum Gasteiger partial charge on any atom is 0.223 e. The van der Waals surface area contributed by atoms with Crippen molar-refractivity contribution in [1.82, 2.24) is 35.1 Å². The van der Waals surface area contributed by atoms with Gasteiger partial charge in [-0.25, -0.2) is 9.97 Å². The van der Waals surface area contributed by atoms with Crippen molar-refractivity contribution < 1.29 is 4.79 Å². The van der Waals surface area contributed by atoms with Gasteiger partial charge in [-0.3, -0.25) is 9.78 Å². The van der Waals surface area contributed by atoms with Crippen LogP contribution in [0.3, 0.4) is 0 Å². The van der Waals surface area contributed by atoms with Crippen LogP contribution in [-0.4, -0.2) is 48.3 Å². The van der Waals surface area contributed by atoms with Crippen molar-refractivity contribution >= 4 is 5.91 Å². The van der Waals surface area contributed by atoms with Crippen molar-refractivity contribution in [2.75, 3.05) is 6.54 Å². The number of rotatable bonds is 16. The highest BCUT2D eigenvalue weighted by atomic mass is 16.2. The average Bonchev–Trinajstić information content (AvgIpc) is 3.76. The van der Waals surface area contributed by atoms with E-state index in [1.54, 1.807) is 6.20 Å². The molecule has 0 bridgehead atoms. The Morgan fingerprint density at radius 2 is 1.43 bits per heavy atom. The largest absolute Gasteiger partial charge is 0.341 e. The molecular weight excluding hydrogens is 570 g/mol. The number of carbonyl (C=O) groups is 1. The first kappa shape index (κ1) is 32.8. The van der Waals surface area contributed by atoms with Crippen LogP contribution in [0.4, 0.5) is 0 Å². The lowest BCUT2D eigenvalue weighted by atomic mass is 10.0. The second-order valence-corrected chi connectivity index (χ2v) is 12.4. The minimum Gasteiger partial charge on any atom is -0.341 e. The fourth-order valence-corrected chi connectivity index (χ4v) is 5.78. The van der Waals surface area contributed by atoms with Gasteiger partial charge >= 0.3 is 0 Å². The zero-order chi connectivity index (χ0) is 32.3. The molecule has 240 valence electrons. The number of pyridine rings is 1. The summed E-state index contributed by atoms with van der Waals surface area (Å²) in [6, 6.07) is 21.5. The Kier molecular flexibility index (Phi) is 11.5. The molecule has 0 aliphatic heterocycles. The first-order chi connectivity index (χ1) is 22.4. The molecule has 8 nitrogen and oxygen atoms in total. The highest BCUT2D eigenvalue weighted by Crippen LogP contribution is 2.27. The third kappa shape index (κ3) is 9.01. The van der Waals surface area contributed by atoms with Gasteiger partial charge in [0.25, 0.3) is 0 Å². The third-order valence-corrected chi connectivity index (χ3v) is 8.33. The molecule has 0 fully saturated rings. The molecule has 0 saturated carbocycles. The van der Waals surface area contributed by atoms with Crippen molar-refractivity contribution in [2.45, 2.75) is 78.9 Å². The second-order valence-electron chi connectivity index (χ2n) is 12.4. The molecule has 46 heavy (non-hydrogen) atoms. The number of carbonyl (C=O) groups excluding carboxylic acids is 1. The average molecular weight is 618 g/mol. The molecule has 0 aliphatic carbocycles. The Labute approximate surface area is 273 Å². The number of benzene rings is 2. The molecule has 3 N–H and O–H groups in total. The summed E-state index contributed by atoms with van der Waals surface area (Å²) >= 11 is 0. The molecule has 3 aromatic heterocycles. The van der Waals surface area contributed by atoms with Crippen molar-refractivity contribution in [3.63, 3.8) is 0 Å². The number of nitrogens with one attached hydrogen (secondary N) is 3. The van der Waals surface area contributed by atoms with Gasteiger partial charge in [0.15, 0.2) is 0 Å². The summed E-state index contributed by atoms with van der Waals surface area (Å²) in [7, 11) is 0. The zero-order valence-electron chi connectivity index (χ0n) is 27.6. The van der Waals surface area contributed by atoms with E-state index >= 15 is 0 Å². The standard InChI is InChI=1S/C38H47N7O/c1-5-20-45(38(46)18-9-28-8-7-19-39-22-28)26-37-42-24-35(44-37)32-16-12-30(13-17-32)29-10-14-31(15-11-29)34-23-41-36(43-34)25-40-33(6-2)21-27(3)4/h7-8,10-17,19,22-24,27,33,40H,5-6,9,18,20-21,25-26H2,1-4H3,(H,41,43)(H,42,44). The Morgan fingerprint density at radius 1 is 0.826 bits per heavy atom. The van der Waals surface area contributed by atoms with E-state index in [1.165, 1.54) is 6.42 Å². The lowest BCUT2D eigenvalue weighted by molar-refractivity contribution is -0.131. The van der Waals surface area contributed by atoms with Gasteiger partial charge in [0.2, 0.25) is 5.91 Å². The Balaban J connectivity index is 1.17. The van der Waals surface area contributed by atoms with Gasteiger partial charge in [-0.15, -0.1) is 0 Å². The van der Waals surface area contributed by atoms with Crippen molar-refractivity contribution in [3.8, 4) is 33.6 Å². The van der Waals surface area contributed by atoms with E-state index < -0.39 is 0 Å². The van der Waals surface area contributed by atoms with E-state index in [-0.39, 0.29) is 5.91 Å². The summed E-state index contributed by atoms with van der Waals surface area (Å²) in [5.41, 5.74) is 7.51. The van der Waals surface area contributed by atoms with Gasteiger partial charge in [-0.2, -0.15) is 0 Å². The van der Waals surface area contributed by atoms with Crippen LogP contribution < -0.4 is 5.32 Å². The van der Waals surface area contributed by atoms with Gasteiger partial charge in [0.05, 0.1) is 36.9 Å². The summed E-state index contributed by atoms with van der Waals surface area (Å²) in [5.74, 6) is 2.56. The van der Waals surface area contributed by atoms with Crippen LogP contribution >= 0.6 is 0 Å². The summed E-state index contributed by atoms with van der Waals surface area (Å²) in [6.45, 7) is 10.8. The van der Waals surface area contributed by atoms with Gasteiger partial charge in [0, 0.05) is 31.4 Å². The van der Waals surface area contributed by atoms with Crippen LogP contribution in [0, 0.1) is 5.92 Å². The maximum atomic E-state index is 13.0. The van der Waals surface area contributed by atoms with Crippen LogP contribution in [0.2, 0.25) is 0 Å². The Morgan fingerprint density at radius 3 is 2.00 bits per heavy atom. The van der Waals surface area contributed by atoms with Crippen molar-refractivity contribution in [3.05, 3.63) is 103 Å². The van der Waals surface area contributed by atoms with E-state index in [4.69, 9.17) is 0 Å². The summed E-state index contributed by atoms with van der Waals surface area (Å²) in [6.07, 6.45) is 11.7. The molecule has 5 rings (SSSR count). The van der Waals surface area contributed by atoms with Crippen molar-refractivity contribution in [2.24, 2.45) is 5.92 Å². The number of nitrogens with zero attached hydrogens (tertiary/aromatic N) is 4. The van der Waals surface area contributed by atoms with Crippen LogP contribution in [0.5, 0.6) is 0 Å². The molecule has 0 aliphatic rings. The minimum absolute atomic E-state index is 0.131. The Hall–Kier alpha value is -4.56. The van der Waals surface area contributed by atoms with Crippen molar-refractivity contribution in [1.29, 1.82) is 0 Å². The Bertz CT molecular complexity index is 1640. The maximum absolute atomic E-state index is 13.0. The van der Waals surface area contributed by atoms with Crippen LogP contribution in [0.1, 0.15) is 70.6 Å². The van der Waals surface area contributed by atoms with Crippen LogP contribution in [0.15, 0.2) is 85.5 Å². The van der Waals surface area contributed by atoms with E-state index in [1.807, 2.05) is 35.6 Å². The lowest BCUT2D eigenvalue weighted by Crippen LogP contribution is -2.31. The summed E-state index contributed by atoms with van der Waals surface area (Å²) in [5, 5.41) is 3.64. The van der Waals surface area contributed by atoms with E-state index in [9.17, 15) is 4.79 Å². The molecular formula is C38H47N7O. The van der Waals surface area contributed by atoms with E-state index in [0.29, 0.717) is 37.9 Å². The molecule has 8 heteroatoms. The quantitative estimate of drug-likeness (QED) is 0.105. The lowest BCUT2D eigenvalue weighted by Gasteiger charge is -2.21. The predicted molar refractivity (Wildman–Crippen MR) is 186 cm³/mol. The fourth-order valence-electron chi connectivity index (χ4n) is 5.78. The molecule has 3 heterocycles. The summed E-state index contributed by atoms with van der Waals surface area (Å²) in [4.78, 5) is 35.2. The van der Waals surface area contributed by atoms with Gasteiger partial charge in [-0.05, 0) is 65.5 Å². The number of aryl methyl sites for hydroxylation is 1. The molecule has 1 atom stereocenters. The molecule has 2 aromatic carbocycles. The highest BCUT2D eigenvalue weighted by Gasteiger charge is 2.16. The fraction of sp³-hybridized carbons (Fsp3) is 0.368. The molecule has 0 saturated heterocycles. The van der Waals surface area contributed by atoms with E-state index in [2.05, 4.69) is 106 Å². The van der Waals surface area contributed by atoms with E-state index in [0.717, 1.165) is 70.2 Å². The van der Waals surface area contributed by atoms with Gasteiger partial charge in [-0.1, -0.05) is 82.3 Å². The summed E-state index contributed by atoms with van der Waals surface area (Å²) < 4.78 is 0. The highest BCUT2D eigenvalue weighted by molar-refractivity contribution is 5.76. The number of aromatic amines is 2. The monoisotopic (exact) mass is 617 g/mol. The number of aromatic nitrogens is 5. The zero-order valence-corrected chi connectivity index (χ0v) is 27.6. The minimum atomic E-state index is 0.131. The molecule has 1 unspecified atom stereocenters. The topological polar surface area (TPSA) is 103 Å². The number of hydrogen-bond acceptors (Lipinski definition) is 5. The van der Waals surface area contributed by atoms with Crippen LogP contribution in [0.25, 0.3) is 33.6 Å². The second kappa shape index (κ2) is 16.1. The van der Waals surface area contributed by atoms with Gasteiger partial charge < -0.3 is 20.2 Å². The molecule has 5 aromatic rings. The predicted octanol–water partition coefficient (Wildman–Crippen LogP) is 7.81. The number of amides is 1. The third-order valence-electron chi connectivity index (χ3n) is 8.33. The number of imidazole rings is 2. The molecule has 0 spiro atoms. The molecule has 0 radical (unpaired) electrons. The first-order valence-corrected chi connectivity index (χ1v) is 16.6. The van der Waals surface area contributed by atoms with Crippen LogP contribution in [-0.2, 0) is 24.3 Å². The number of hydrogen-bond donors (Lipinski definition) is 3. The number of H-pyrrole nitrogens is 2. The normalized spacial score (nSPS) is 12.0. The molecule has 1 amide bonds. The first-order valence-electron chi connectivity index (χ1n) is 16.6. The smallest absolute Gasteiger partial charge is 0.223 e.